The Kier molecular flexibility index (Phi) is 11.0. The molecule has 0 radical (unpaired) electrons. The van der Waals surface area contributed by atoms with E-state index in [2.05, 4.69) is 48.7 Å². The van der Waals surface area contributed by atoms with Crippen LogP contribution in [0.15, 0.2) is 24.3 Å². The van der Waals surface area contributed by atoms with Gasteiger partial charge in [0.05, 0.1) is 0 Å². The third kappa shape index (κ3) is 8.74. The quantitative estimate of drug-likeness (QED) is 0.687. The molecule has 0 saturated carbocycles. The van der Waals surface area contributed by atoms with Crippen LogP contribution in [0, 0.1) is 0 Å². The van der Waals surface area contributed by atoms with E-state index in [4.69, 9.17) is 0 Å². The van der Waals surface area contributed by atoms with Gasteiger partial charge in [-0.2, -0.15) is 0 Å². The van der Waals surface area contributed by atoms with Crippen molar-refractivity contribution >= 4 is 18.3 Å². The Morgan fingerprint density at radius 1 is 1.10 bits per heavy atom. The van der Waals surface area contributed by atoms with Crippen LogP contribution in [0.1, 0.15) is 50.2 Å². The predicted octanol–water partition coefficient (Wildman–Crippen LogP) is 3.28. The van der Waals surface area contributed by atoms with E-state index in [-0.39, 0.29) is 18.3 Å². The van der Waals surface area contributed by atoms with Crippen molar-refractivity contribution in [2.24, 2.45) is 0 Å². The summed E-state index contributed by atoms with van der Waals surface area (Å²) in [5, 5.41) is 6.02. The number of benzene rings is 1. The third-order valence-electron chi connectivity index (χ3n) is 3.44. The van der Waals surface area contributed by atoms with Gasteiger partial charge in [0, 0.05) is 13.0 Å². The molecule has 0 fully saturated rings. The third-order valence-corrected chi connectivity index (χ3v) is 3.44. The van der Waals surface area contributed by atoms with Crippen molar-refractivity contribution in [3.63, 3.8) is 0 Å². The monoisotopic (exact) mass is 312 g/mol. The van der Waals surface area contributed by atoms with Crippen molar-refractivity contribution in [1.29, 1.82) is 0 Å². The topological polar surface area (TPSA) is 41.1 Å². The standard InChI is InChI=1S/C17H28N2O.ClH/c1-14(2)16-10-8-15(9-11-16)6-4-13-19-17(20)7-5-12-18-3;/h8-11,14,18H,4-7,12-13H2,1-3H3,(H,19,20);1H. The minimum absolute atomic E-state index is 0. The molecular weight excluding hydrogens is 284 g/mol. The van der Waals surface area contributed by atoms with Gasteiger partial charge in [0.25, 0.3) is 0 Å². The van der Waals surface area contributed by atoms with Crippen LogP contribution in [0.2, 0.25) is 0 Å². The Labute approximate surface area is 135 Å². The average molecular weight is 313 g/mol. The zero-order valence-electron chi connectivity index (χ0n) is 13.4. The fourth-order valence-corrected chi connectivity index (χ4v) is 2.10. The van der Waals surface area contributed by atoms with Gasteiger partial charge in [0.15, 0.2) is 0 Å². The van der Waals surface area contributed by atoms with E-state index < -0.39 is 0 Å². The molecule has 1 aromatic rings. The van der Waals surface area contributed by atoms with E-state index in [1.165, 1.54) is 11.1 Å². The fraction of sp³-hybridized carbons (Fsp3) is 0.588. The highest BCUT2D eigenvalue weighted by molar-refractivity contribution is 5.85. The Morgan fingerprint density at radius 2 is 1.76 bits per heavy atom. The van der Waals surface area contributed by atoms with Crippen molar-refractivity contribution < 1.29 is 4.79 Å². The lowest BCUT2D eigenvalue weighted by Gasteiger charge is -2.08. The molecule has 1 rings (SSSR count). The van der Waals surface area contributed by atoms with Gasteiger partial charge in [-0.3, -0.25) is 4.79 Å². The molecule has 0 spiro atoms. The molecule has 0 saturated heterocycles. The smallest absolute Gasteiger partial charge is 0.220 e. The van der Waals surface area contributed by atoms with Crippen molar-refractivity contribution in [3.8, 4) is 0 Å². The van der Waals surface area contributed by atoms with Crippen LogP contribution >= 0.6 is 12.4 Å². The van der Waals surface area contributed by atoms with Gasteiger partial charge in [0.2, 0.25) is 5.91 Å². The molecule has 0 aliphatic rings. The molecule has 4 heteroatoms. The van der Waals surface area contributed by atoms with Crippen LogP contribution in [-0.4, -0.2) is 26.0 Å². The number of halogens is 1. The highest BCUT2D eigenvalue weighted by Crippen LogP contribution is 2.15. The molecule has 0 bridgehead atoms. The first-order chi connectivity index (χ1) is 9.63. The second-order valence-electron chi connectivity index (χ2n) is 5.56. The molecule has 0 atom stereocenters. The number of nitrogens with one attached hydrogen (secondary N) is 2. The van der Waals surface area contributed by atoms with E-state index >= 15 is 0 Å². The van der Waals surface area contributed by atoms with Crippen molar-refractivity contribution in [2.75, 3.05) is 20.1 Å². The summed E-state index contributed by atoms with van der Waals surface area (Å²) in [5.41, 5.74) is 2.73. The molecule has 120 valence electrons. The second kappa shape index (κ2) is 11.6. The predicted molar refractivity (Wildman–Crippen MR) is 92.3 cm³/mol. The normalized spacial score (nSPS) is 10.3. The Bertz CT molecular complexity index is 390. The largest absolute Gasteiger partial charge is 0.356 e. The maximum Gasteiger partial charge on any atom is 0.220 e. The molecule has 1 amide bonds. The van der Waals surface area contributed by atoms with E-state index in [0.717, 1.165) is 32.4 Å². The molecule has 0 aromatic heterocycles. The van der Waals surface area contributed by atoms with Crippen LogP contribution in [0.3, 0.4) is 0 Å². The Morgan fingerprint density at radius 3 is 2.33 bits per heavy atom. The molecular formula is C17H29ClN2O. The van der Waals surface area contributed by atoms with Gasteiger partial charge in [-0.1, -0.05) is 38.1 Å². The van der Waals surface area contributed by atoms with Crippen LogP contribution < -0.4 is 10.6 Å². The first-order valence-electron chi connectivity index (χ1n) is 7.63. The zero-order valence-corrected chi connectivity index (χ0v) is 14.3. The number of amides is 1. The lowest BCUT2D eigenvalue weighted by molar-refractivity contribution is -0.121. The van der Waals surface area contributed by atoms with Crippen LogP contribution in [0.25, 0.3) is 0 Å². The number of rotatable bonds is 9. The highest BCUT2D eigenvalue weighted by atomic mass is 35.5. The molecule has 0 heterocycles. The Hall–Kier alpha value is -1.06. The summed E-state index contributed by atoms with van der Waals surface area (Å²) in [5.74, 6) is 0.747. The summed E-state index contributed by atoms with van der Waals surface area (Å²) in [4.78, 5) is 11.5. The SMILES string of the molecule is CNCCCC(=O)NCCCc1ccc(C(C)C)cc1.Cl. The molecule has 1 aromatic carbocycles. The first-order valence-corrected chi connectivity index (χ1v) is 7.63. The minimum Gasteiger partial charge on any atom is -0.356 e. The van der Waals surface area contributed by atoms with E-state index in [9.17, 15) is 4.79 Å². The Balaban J connectivity index is 0.00000400. The van der Waals surface area contributed by atoms with Gasteiger partial charge >= 0.3 is 0 Å². The number of carbonyl (C=O) groups excluding carboxylic acids is 1. The maximum absolute atomic E-state index is 11.5. The van der Waals surface area contributed by atoms with E-state index in [0.29, 0.717) is 12.3 Å². The van der Waals surface area contributed by atoms with E-state index in [1.807, 2.05) is 7.05 Å². The minimum atomic E-state index is 0. The number of hydrogen-bond acceptors (Lipinski definition) is 2. The average Bonchev–Trinajstić information content (AvgIpc) is 2.44. The number of aryl methyl sites for hydroxylation is 1. The maximum atomic E-state index is 11.5. The van der Waals surface area contributed by atoms with Gasteiger partial charge in [-0.15, -0.1) is 12.4 Å². The number of carbonyl (C=O) groups is 1. The zero-order chi connectivity index (χ0) is 14.8. The molecule has 21 heavy (non-hydrogen) atoms. The summed E-state index contributed by atoms with van der Waals surface area (Å²) in [6.45, 7) is 6.08. The summed E-state index contributed by atoms with van der Waals surface area (Å²) in [6.07, 6.45) is 3.54. The second-order valence-corrected chi connectivity index (χ2v) is 5.56. The van der Waals surface area contributed by atoms with Gasteiger partial charge in [-0.25, -0.2) is 0 Å². The summed E-state index contributed by atoms with van der Waals surface area (Å²) in [6, 6.07) is 8.81. The van der Waals surface area contributed by atoms with Gasteiger partial charge < -0.3 is 10.6 Å². The highest BCUT2D eigenvalue weighted by Gasteiger charge is 2.01. The molecule has 0 aliphatic heterocycles. The van der Waals surface area contributed by atoms with Crippen molar-refractivity contribution in [3.05, 3.63) is 35.4 Å². The fourth-order valence-electron chi connectivity index (χ4n) is 2.10. The molecule has 0 aliphatic carbocycles. The van der Waals surface area contributed by atoms with Gasteiger partial charge in [0.1, 0.15) is 0 Å². The van der Waals surface area contributed by atoms with Crippen molar-refractivity contribution in [2.45, 2.75) is 45.4 Å². The molecule has 3 nitrogen and oxygen atoms in total. The summed E-state index contributed by atoms with van der Waals surface area (Å²) in [7, 11) is 1.91. The summed E-state index contributed by atoms with van der Waals surface area (Å²) < 4.78 is 0. The molecule has 2 N–H and O–H groups in total. The van der Waals surface area contributed by atoms with Crippen LogP contribution in [-0.2, 0) is 11.2 Å². The van der Waals surface area contributed by atoms with Crippen molar-refractivity contribution in [1.82, 2.24) is 10.6 Å². The lowest BCUT2D eigenvalue weighted by Crippen LogP contribution is -2.25. The molecule has 0 unspecified atom stereocenters. The van der Waals surface area contributed by atoms with Gasteiger partial charge in [-0.05, 0) is 49.9 Å². The lowest BCUT2D eigenvalue weighted by atomic mass is 10.0. The van der Waals surface area contributed by atoms with Crippen LogP contribution in [0.5, 0.6) is 0 Å². The van der Waals surface area contributed by atoms with Crippen LogP contribution in [0.4, 0.5) is 0 Å². The van der Waals surface area contributed by atoms with E-state index in [1.54, 1.807) is 0 Å². The summed E-state index contributed by atoms with van der Waals surface area (Å²) >= 11 is 0. The number of hydrogen-bond donors (Lipinski definition) is 2. The first kappa shape index (κ1) is 19.9.